The fraction of sp³-hybridized carbons (Fsp3) is 0.562. The van der Waals surface area contributed by atoms with Crippen molar-refractivity contribution in [3.05, 3.63) is 36.4 Å². The van der Waals surface area contributed by atoms with Crippen LogP contribution in [0.15, 0.2) is 35.8 Å². The van der Waals surface area contributed by atoms with Crippen molar-refractivity contribution in [1.82, 2.24) is 29.8 Å². The van der Waals surface area contributed by atoms with Crippen molar-refractivity contribution in [2.75, 3.05) is 32.8 Å². The van der Waals surface area contributed by atoms with E-state index in [0.717, 1.165) is 37.7 Å². The second-order valence-electron chi connectivity index (χ2n) is 5.76. The van der Waals surface area contributed by atoms with E-state index in [0.29, 0.717) is 13.2 Å². The first-order chi connectivity index (χ1) is 11.8. The van der Waals surface area contributed by atoms with E-state index in [1.54, 1.807) is 10.9 Å². The highest BCUT2D eigenvalue weighted by Gasteiger charge is 2.25. The highest BCUT2D eigenvalue weighted by Crippen LogP contribution is 2.21. The summed E-state index contributed by atoms with van der Waals surface area (Å²) in [5.41, 5.74) is 1.11. The molecule has 1 aliphatic rings. The zero-order valence-corrected chi connectivity index (χ0v) is 17.0. The SMILES string of the molecule is CCNC(=NCCn1cccn1)N1CCOC(c2cnn(C)c2)C1.I. The van der Waals surface area contributed by atoms with Crippen molar-refractivity contribution in [1.29, 1.82) is 0 Å². The van der Waals surface area contributed by atoms with Crippen LogP contribution in [0.5, 0.6) is 0 Å². The maximum absolute atomic E-state index is 5.91. The van der Waals surface area contributed by atoms with Crippen LogP contribution in [0.3, 0.4) is 0 Å². The van der Waals surface area contributed by atoms with Crippen LogP contribution >= 0.6 is 24.0 Å². The van der Waals surface area contributed by atoms with E-state index >= 15 is 0 Å². The van der Waals surface area contributed by atoms with Gasteiger partial charge in [0.2, 0.25) is 0 Å². The molecule has 0 amide bonds. The van der Waals surface area contributed by atoms with Crippen molar-refractivity contribution < 1.29 is 4.74 Å². The van der Waals surface area contributed by atoms with E-state index in [4.69, 9.17) is 9.73 Å². The smallest absolute Gasteiger partial charge is 0.194 e. The number of aryl methyl sites for hydroxylation is 1. The molecule has 0 spiro atoms. The van der Waals surface area contributed by atoms with Crippen molar-refractivity contribution >= 4 is 29.9 Å². The van der Waals surface area contributed by atoms with Crippen LogP contribution in [0, 0.1) is 0 Å². The molecule has 3 rings (SSSR count). The van der Waals surface area contributed by atoms with Crippen molar-refractivity contribution in [3.63, 3.8) is 0 Å². The Balaban J connectivity index is 0.00000225. The highest BCUT2D eigenvalue weighted by atomic mass is 127. The van der Waals surface area contributed by atoms with Crippen molar-refractivity contribution in [2.24, 2.45) is 12.0 Å². The third-order valence-electron chi connectivity index (χ3n) is 3.95. The Morgan fingerprint density at radius 2 is 2.32 bits per heavy atom. The van der Waals surface area contributed by atoms with Gasteiger partial charge < -0.3 is 15.0 Å². The predicted molar refractivity (Wildman–Crippen MR) is 107 cm³/mol. The Morgan fingerprint density at radius 3 is 3.00 bits per heavy atom. The number of nitrogens with zero attached hydrogens (tertiary/aromatic N) is 6. The van der Waals surface area contributed by atoms with Crippen LogP contribution < -0.4 is 5.32 Å². The average molecular weight is 459 g/mol. The van der Waals surface area contributed by atoms with Gasteiger partial charge in [-0.05, 0) is 13.0 Å². The zero-order valence-electron chi connectivity index (χ0n) is 14.7. The maximum Gasteiger partial charge on any atom is 0.194 e. The summed E-state index contributed by atoms with van der Waals surface area (Å²) in [6.07, 6.45) is 7.65. The number of hydrogen-bond donors (Lipinski definition) is 1. The monoisotopic (exact) mass is 459 g/mol. The molecule has 1 aliphatic heterocycles. The molecular weight excluding hydrogens is 433 g/mol. The Kier molecular flexibility index (Phi) is 7.69. The van der Waals surface area contributed by atoms with Gasteiger partial charge in [-0.25, -0.2) is 0 Å². The van der Waals surface area contributed by atoms with E-state index in [1.807, 2.05) is 36.4 Å². The first kappa shape index (κ1) is 19.7. The molecule has 1 fully saturated rings. The maximum atomic E-state index is 5.91. The zero-order chi connectivity index (χ0) is 16.8. The normalized spacial score (nSPS) is 18.1. The van der Waals surface area contributed by atoms with E-state index in [2.05, 4.69) is 27.3 Å². The quantitative estimate of drug-likeness (QED) is 0.415. The fourth-order valence-corrected chi connectivity index (χ4v) is 2.77. The Bertz CT molecular complexity index is 655. The minimum atomic E-state index is 0. The third kappa shape index (κ3) is 5.43. The molecule has 8 nitrogen and oxygen atoms in total. The molecule has 0 radical (unpaired) electrons. The summed E-state index contributed by atoms with van der Waals surface area (Å²) in [5.74, 6) is 0.932. The Labute approximate surface area is 165 Å². The highest BCUT2D eigenvalue weighted by molar-refractivity contribution is 14.0. The van der Waals surface area contributed by atoms with Crippen LogP contribution in [0.25, 0.3) is 0 Å². The number of ether oxygens (including phenoxy) is 1. The summed E-state index contributed by atoms with van der Waals surface area (Å²) < 4.78 is 9.61. The van der Waals surface area contributed by atoms with E-state index in [1.165, 1.54) is 0 Å². The standard InChI is InChI=1S/C16H25N7O.HI/c1-3-17-16(18-6-8-23-7-4-5-19-23)22-9-10-24-15(13-22)14-11-20-21(2)12-14;/h4-5,7,11-12,15H,3,6,8-10,13H2,1-2H3,(H,17,18);1H. The summed E-state index contributed by atoms with van der Waals surface area (Å²) in [6.45, 7) is 6.70. The molecule has 1 atom stereocenters. The van der Waals surface area contributed by atoms with Crippen LogP contribution in [-0.2, 0) is 18.3 Å². The van der Waals surface area contributed by atoms with Gasteiger partial charge in [0.05, 0.1) is 32.4 Å². The molecule has 0 aliphatic carbocycles. The lowest BCUT2D eigenvalue weighted by Gasteiger charge is -2.34. The number of guanidine groups is 1. The molecule has 0 aromatic carbocycles. The molecule has 25 heavy (non-hydrogen) atoms. The second-order valence-corrected chi connectivity index (χ2v) is 5.76. The average Bonchev–Trinajstić information content (AvgIpc) is 3.26. The number of aromatic nitrogens is 4. The number of nitrogens with one attached hydrogen (secondary N) is 1. The van der Waals surface area contributed by atoms with Crippen molar-refractivity contribution in [2.45, 2.75) is 19.6 Å². The first-order valence-corrected chi connectivity index (χ1v) is 8.37. The molecule has 1 unspecified atom stereocenters. The number of aliphatic imine (C=N–C) groups is 1. The summed E-state index contributed by atoms with van der Waals surface area (Å²) in [7, 11) is 1.92. The van der Waals surface area contributed by atoms with Gasteiger partial charge >= 0.3 is 0 Å². The van der Waals surface area contributed by atoms with Gasteiger partial charge in [-0.2, -0.15) is 10.2 Å². The van der Waals surface area contributed by atoms with E-state index in [9.17, 15) is 0 Å². The first-order valence-electron chi connectivity index (χ1n) is 8.37. The van der Waals surface area contributed by atoms with Gasteiger partial charge in [-0.3, -0.25) is 14.4 Å². The van der Waals surface area contributed by atoms with E-state index < -0.39 is 0 Å². The number of hydrogen-bond acceptors (Lipinski definition) is 4. The molecule has 3 heterocycles. The summed E-state index contributed by atoms with van der Waals surface area (Å²) in [5, 5.41) is 11.8. The van der Waals surface area contributed by atoms with Gasteiger partial charge in [0.1, 0.15) is 6.10 Å². The number of rotatable bonds is 5. The second kappa shape index (κ2) is 9.76. The fourth-order valence-electron chi connectivity index (χ4n) is 2.77. The molecule has 0 bridgehead atoms. The summed E-state index contributed by atoms with van der Waals surface area (Å²) in [4.78, 5) is 7.00. The minimum Gasteiger partial charge on any atom is -0.370 e. The molecule has 2 aromatic rings. The van der Waals surface area contributed by atoms with Crippen LogP contribution in [-0.4, -0.2) is 63.2 Å². The number of morpholine rings is 1. The molecular formula is C16H26IN7O. The summed E-state index contributed by atoms with van der Waals surface area (Å²) in [6, 6.07) is 1.93. The van der Waals surface area contributed by atoms with Gasteiger partial charge in [0, 0.05) is 44.3 Å². The number of halogens is 1. The topological polar surface area (TPSA) is 72.5 Å². The molecule has 1 N–H and O–H groups in total. The lowest BCUT2D eigenvalue weighted by Crippen LogP contribution is -2.48. The van der Waals surface area contributed by atoms with Gasteiger partial charge in [0.25, 0.3) is 0 Å². The van der Waals surface area contributed by atoms with Gasteiger partial charge in [-0.15, -0.1) is 24.0 Å². The van der Waals surface area contributed by atoms with Gasteiger partial charge in [0.15, 0.2) is 5.96 Å². The molecule has 0 saturated carbocycles. The Morgan fingerprint density at radius 1 is 1.44 bits per heavy atom. The van der Waals surface area contributed by atoms with Crippen molar-refractivity contribution in [3.8, 4) is 0 Å². The molecule has 138 valence electrons. The summed E-state index contributed by atoms with van der Waals surface area (Å²) >= 11 is 0. The minimum absolute atomic E-state index is 0. The van der Waals surface area contributed by atoms with Crippen LogP contribution in [0.2, 0.25) is 0 Å². The largest absolute Gasteiger partial charge is 0.370 e. The molecule has 1 saturated heterocycles. The predicted octanol–water partition coefficient (Wildman–Crippen LogP) is 1.27. The van der Waals surface area contributed by atoms with Gasteiger partial charge in [-0.1, -0.05) is 0 Å². The van der Waals surface area contributed by atoms with Crippen LogP contribution in [0.1, 0.15) is 18.6 Å². The lowest BCUT2D eigenvalue weighted by molar-refractivity contribution is -0.00804. The molecule has 2 aromatic heterocycles. The Hall–Kier alpha value is -1.62. The third-order valence-corrected chi connectivity index (χ3v) is 3.95. The van der Waals surface area contributed by atoms with E-state index in [-0.39, 0.29) is 30.1 Å². The van der Waals surface area contributed by atoms with Crippen LogP contribution in [0.4, 0.5) is 0 Å². The lowest BCUT2D eigenvalue weighted by atomic mass is 10.1. The molecule has 9 heteroatoms.